The van der Waals surface area contributed by atoms with E-state index in [9.17, 15) is 13.6 Å². The monoisotopic (exact) mass is 376 g/mol. The second-order valence-electron chi connectivity index (χ2n) is 6.34. The molecule has 0 aromatic carbocycles. The van der Waals surface area contributed by atoms with E-state index in [0.29, 0.717) is 10.3 Å². The normalized spacial score (nSPS) is 18.2. The summed E-state index contributed by atoms with van der Waals surface area (Å²) in [5.74, 6) is -2.64. The quantitative estimate of drug-likeness (QED) is 0.730. The van der Waals surface area contributed by atoms with E-state index in [2.05, 4.69) is 20.9 Å². The maximum absolute atomic E-state index is 13.2. The van der Waals surface area contributed by atoms with Crippen molar-refractivity contribution in [1.29, 1.82) is 0 Å². The van der Waals surface area contributed by atoms with E-state index < -0.39 is 17.5 Å². The van der Waals surface area contributed by atoms with Gasteiger partial charge in [0.1, 0.15) is 11.4 Å². The minimum absolute atomic E-state index is 0.157. The van der Waals surface area contributed by atoms with E-state index in [1.165, 1.54) is 0 Å². The van der Waals surface area contributed by atoms with Crippen LogP contribution in [0, 0.1) is 0 Å². The lowest BCUT2D eigenvalue weighted by Gasteiger charge is -2.32. The van der Waals surface area contributed by atoms with Crippen LogP contribution in [0.4, 0.5) is 14.6 Å². The molecule has 4 nitrogen and oxygen atoms in total. The molecule has 0 amide bonds. The largest absolute Gasteiger partial charge is 0.455 e. The van der Waals surface area contributed by atoms with Gasteiger partial charge >= 0.3 is 5.97 Å². The van der Waals surface area contributed by atoms with E-state index in [1.807, 2.05) is 0 Å². The Kier molecular flexibility index (Phi) is 4.75. The number of hydrogen-bond donors (Lipinski definition) is 0. The molecule has 7 heteroatoms. The van der Waals surface area contributed by atoms with Gasteiger partial charge in [0.05, 0.1) is 4.47 Å². The Bertz CT molecular complexity index is 563. The first kappa shape index (κ1) is 17.1. The molecule has 1 fully saturated rings. The minimum Gasteiger partial charge on any atom is -0.455 e. The number of piperidine rings is 1. The second-order valence-corrected chi connectivity index (χ2v) is 7.20. The highest BCUT2D eigenvalue weighted by atomic mass is 79.9. The van der Waals surface area contributed by atoms with Crippen molar-refractivity contribution in [2.75, 3.05) is 18.0 Å². The van der Waals surface area contributed by atoms with Crippen LogP contribution >= 0.6 is 15.9 Å². The van der Waals surface area contributed by atoms with Crippen LogP contribution in [0.3, 0.4) is 0 Å². The van der Waals surface area contributed by atoms with Gasteiger partial charge in [0.2, 0.25) is 0 Å². The van der Waals surface area contributed by atoms with E-state index in [-0.39, 0.29) is 31.6 Å². The fourth-order valence-corrected chi connectivity index (χ4v) is 2.52. The van der Waals surface area contributed by atoms with Crippen LogP contribution in [0.1, 0.15) is 44.1 Å². The lowest BCUT2D eigenvalue weighted by molar-refractivity contribution is -0.0222. The zero-order valence-corrected chi connectivity index (χ0v) is 14.4. The molecule has 2 heterocycles. The van der Waals surface area contributed by atoms with E-state index >= 15 is 0 Å². The Morgan fingerprint density at radius 2 is 1.91 bits per heavy atom. The first-order chi connectivity index (χ1) is 10.1. The van der Waals surface area contributed by atoms with Crippen molar-refractivity contribution >= 4 is 27.7 Å². The Morgan fingerprint density at radius 3 is 2.45 bits per heavy atom. The Labute approximate surface area is 137 Å². The number of carbonyl (C=O) groups is 1. The summed E-state index contributed by atoms with van der Waals surface area (Å²) < 4.78 is 32.3. The molecule has 2 rings (SSSR count). The summed E-state index contributed by atoms with van der Waals surface area (Å²) >= 11 is 3.28. The first-order valence-electron chi connectivity index (χ1n) is 7.10. The molecule has 1 aromatic heterocycles. The average Bonchev–Trinajstić information content (AvgIpc) is 2.37. The van der Waals surface area contributed by atoms with Gasteiger partial charge in [-0.1, -0.05) is 0 Å². The molecule has 1 aliphatic heterocycles. The molecule has 0 radical (unpaired) electrons. The third-order valence-electron chi connectivity index (χ3n) is 3.24. The number of aromatic nitrogens is 1. The van der Waals surface area contributed by atoms with Gasteiger partial charge in [-0.15, -0.1) is 0 Å². The number of alkyl halides is 2. The number of nitrogens with zero attached hydrogens (tertiary/aromatic N) is 2. The Balaban J connectivity index is 2.18. The summed E-state index contributed by atoms with van der Waals surface area (Å²) in [6, 6.07) is 3.40. The number of rotatable bonds is 2. The summed E-state index contributed by atoms with van der Waals surface area (Å²) in [5.41, 5.74) is -0.466. The number of ether oxygens (including phenoxy) is 1. The standard InChI is InChI=1S/C15H19BrF2N2O2/c1-14(2,3)22-13(21)12-10(16)4-5-11(19-12)20-8-6-15(17,18)7-9-20/h4-5H,6-9H2,1-3H3. The predicted octanol–water partition coefficient (Wildman–Crippen LogP) is 4.03. The van der Waals surface area contributed by atoms with Gasteiger partial charge in [0.25, 0.3) is 5.92 Å². The summed E-state index contributed by atoms with van der Waals surface area (Å²) in [4.78, 5) is 18.2. The van der Waals surface area contributed by atoms with Crippen molar-refractivity contribution in [2.24, 2.45) is 0 Å². The Morgan fingerprint density at radius 1 is 1.32 bits per heavy atom. The summed E-state index contributed by atoms with van der Waals surface area (Å²) in [6.45, 7) is 5.75. The SMILES string of the molecule is CC(C)(C)OC(=O)c1nc(N2CCC(F)(F)CC2)ccc1Br. The maximum Gasteiger partial charge on any atom is 0.358 e. The van der Waals surface area contributed by atoms with Crippen LogP contribution in [0.2, 0.25) is 0 Å². The molecule has 1 aromatic rings. The zero-order chi connectivity index (χ0) is 16.5. The summed E-state index contributed by atoms with van der Waals surface area (Å²) in [6.07, 6.45) is -0.404. The average molecular weight is 377 g/mol. The number of halogens is 3. The molecule has 0 saturated carbocycles. The van der Waals surface area contributed by atoms with Crippen LogP contribution in [-0.4, -0.2) is 35.6 Å². The smallest absolute Gasteiger partial charge is 0.358 e. The topological polar surface area (TPSA) is 42.4 Å². The molecule has 122 valence electrons. The van der Waals surface area contributed by atoms with E-state index in [0.717, 1.165) is 0 Å². The fraction of sp³-hybridized carbons (Fsp3) is 0.600. The zero-order valence-electron chi connectivity index (χ0n) is 12.8. The third kappa shape index (κ3) is 4.38. The number of hydrogen-bond acceptors (Lipinski definition) is 4. The molecule has 0 unspecified atom stereocenters. The van der Waals surface area contributed by atoms with Crippen LogP contribution in [-0.2, 0) is 4.74 Å². The van der Waals surface area contributed by atoms with E-state index in [1.54, 1.807) is 37.8 Å². The van der Waals surface area contributed by atoms with Crippen LogP contribution in [0.25, 0.3) is 0 Å². The van der Waals surface area contributed by atoms with Gasteiger partial charge in [-0.05, 0) is 48.8 Å². The van der Waals surface area contributed by atoms with Crippen LogP contribution in [0.15, 0.2) is 16.6 Å². The highest BCUT2D eigenvalue weighted by molar-refractivity contribution is 9.10. The van der Waals surface area contributed by atoms with Crippen molar-refractivity contribution in [1.82, 2.24) is 4.98 Å². The highest BCUT2D eigenvalue weighted by Gasteiger charge is 2.34. The van der Waals surface area contributed by atoms with Gasteiger partial charge in [0, 0.05) is 25.9 Å². The highest BCUT2D eigenvalue weighted by Crippen LogP contribution is 2.30. The molecule has 0 spiro atoms. The molecule has 1 saturated heterocycles. The van der Waals surface area contributed by atoms with Gasteiger partial charge < -0.3 is 9.64 Å². The molecule has 22 heavy (non-hydrogen) atoms. The first-order valence-corrected chi connectivity index (χ1v) is 7.89. The molecule has 0 aliphatic carbocycles. The van der Waals surface area contributed by atoms with Crippen molar-refractivity contribution in [2.45, 2.75) is 45.1 Å². The van der Waals surface area contributed by atoms with Gasteiger partial charge in [-0.3, -0.25) is 0 Å². The van der Waals surface area contributed by atoms with Crippen molar-refractivity contribution in [3.8, 4) is 0 Å². The minimum atomic E-state index is -2.61. The lowest BCUT2D eigenvalue weighted by Crippen LogP contribution is -2.40. The van der Waals surface area contributed by atoms with Crippen molar-refractivity contribution in [3.63, 3.8) is 0 Å². The third-order valence-corrected chi connectivity index (χ3v) is 3.88. The summed E-state index contributed by atoms with van der Waals surface area (Å²) in [7, 11) is 0. The molecule has 0 bridgehead atoms. The molecular weight excluding hydrogens is 358 g/mol. The van der Waals surface area contributed by atoms with E-state index in [4.69, 9.17) is 4.74 Å². The fourth-order valence-electron chi connectivity index (χ4n) is 2.14. The number of pyridine rings is 1. The van der Waals surface area contributed by atoms with Crippen molar-refractivity contribution in [3.05, 3.63) is 22.3 Å². The maximum atomic E-state index is 13.2. The number of carbonyl (C=O) groups excluding carboxylic acids is 1. The molecule has 0 N–H and O–H groups in total. The Hall–Kier alpha value is -1.24. The van der Waals surface area contributed by atoms with Crippen LogP contribution < -0.4 is 4.90 Å². The lowest BCUT2D eigenvalue weighted by atomic mass is 10.1. The molecular formula is C15H19BrF2N2O2. The summed E-state index contributed by atoms with van der Waals surface area (Å²) in [5, 5.41) is 0. The predicted molar refractivity (Wildman–Crippen MR) is 83.5 cm³/mol. The van der Waals surface area contributed by atoms with Gasteiger partial charge in [-0.2, -0.15) is 0 Å². The molecule has 1 aliphatic rings. The number of esters is 1. The van der Waals surface area contributed by atoms with Gasteiger partial charge in [-0.25, -0.2) is 18.6 Å². The van der Waals surface area contributed by atoms with Crippen molar-refractivity contribution < 1.29 is 18.3 Å². The number of anilines is 1. The second kappa shape index (κ2) is 6.10. The van der Waals surface area contributed by atoms with Gasteiger partial charge in [0.15, 0.2) is 5.69 Å². The van der Waals surface area contributed by atoms with Crippen LogP contribution in [0.5, 0.6) is 0 Å². The molecule has 0 atom stereocenters.